The second kappa shape index (κ2) is 4.97. The molecular formula is C12H8FNO2S. The Balaban J connectivity index is 2.33. The van der Waals surface area contributed by atoms with Crippen LogP contribution in [0.2, 0.25) is 0 Å². The van der Waals surface area contributed by atoms with E-state index in [0.717, 1.165) is 0 Å². The number of aromatic nitrogens is 1. The molecule has 1 N–H and O–H groups in total. The van der Waals surface area contributed by atoms with Crippen LogP contribution in [-0.4, -0.2) is 16.1 Å². The Labute approximate surface area is 101 Å². The zero-order valence-corrected chi connectivity index (χ0v) is 9.45. The molecule has 0 bridgehead atoms. The van der Waals surface area contributed by atoms with Crippen LogP contribution < -0.4 is 0 Å². The Morgan fingerprint density at radius 3 is 2.88 bits per heavy atom. The fourth-order valence-corrected chi connectivity index (χ4v) is 2.24. The van der Waals surface area contributed by atoms with E-state index in [2.05, 4.69) is 4.98 Å². The highest BCUT2D eigenvalue weighted by molar-refractivity contribution is 7.99. The van der Waals surface area contributed by atoms with Crippen LogP contribution in [0.15, 0.2) is 52.5 Å². The van der Waals surface area contributed by atoms with Crippen LogP contribution >= 0.6 is 11.8 Å². The fourth-order valence-electron chi connectivity index (χ4n) is 1.29. The molecule has 0 aliphatic heterocycles. The number of benzene rings is 1. The number of carbonyl (C=O) groups is 1. The van der Waals surface area contributed by atoms with Crippen molar-refractivity contribution in [3.05, 3.63) is 54.1 Å². The minimum atomic E-state index is -1.04. The molecule has 5 heteroatoms. The first-order valence-corrected chi connectivity index (χ1v) is 5.59. The number of halogens is 1. The first-order valence-electron chi connectivity index (χ1n) is 4.77. The minimum Gasteiger partial charge on any atom is -0.478 e. The van der Waals surface area contributed by atoms with Crippen molar-refractivity contribution in [2.45, 2.75) is 9.79 Å². The molecule has 0 saturated heterocycles. The van der Waals surface area contributed by atoms with Crippen molar-refractivity contribution in [1.82, 2.24) is 4.98 Å². The molecule has 2 aromatic rings. The second-order valence-electron chi connectivity index (χ2n) is 3.24. The normalized spacial score (nSPS) is 10.2. The number of rotatable bonds is 3. The predicted octanol–water partition coefficient (Wildman–Crippen LogP) is 3.07. The summed E-state index contributed by atoms with van der Waals surface area (Å²) in [7, 11) is 0. The summed E-state index contributed by atoms with van der Waals surface area (Å²) >= 11 is 1.20. The molecule has 2 rings (SSSR count). The number of hydrogen-bond donors (Lipinski definition) is 1. The van der Waals surface area contributed by atoms with E-state index in [1.54, 1.807) is 18.2 Å². The maximum Gasteiger partial charge on any atom is 0.338 e. The quantitative estimate of drug-likeness (QED) is 0.908. The molecule has 0 fully saturated rings. The molecule has 3 nitrogen and oxygen atoms in total. The molecule has 0 saturated carbocycles. The van der Waals surface area contributed by atoms with Gasteiger partial charge in [-0.3, -0.25) is 4.98 Å². The lowest BCUT2D eigenvalue weighted by Crippen LogP contribution is -1.99. The molecule has 1 heterocycles. The highest BCUT2D eigenvalue weighted by Gasteiger charge is 2.11. The number of nitrogens with zero attached hydrogens (tertiary/aromatic N) is 1. The van der Waals surface area contributed by atoms with Crippen LogP contribution in [0.3, 0.4) is 0 Å². The van der Waals surface area contributed by atoms with Crippen LogP contribution in [0.5, 0.6) is 0 Å². The largest absolute Gasteiger partial charge is 0.478 e. The molecule has 0 unspecified atom stereocenters. The number of hydrogen-bond acceptors (Lipinski definition) is 3. The van der Waals surface area contributed by atoms with Gasteiger partial charge in [0, 0.05) is 22.2 Å². The highest BCUT2D eigenvalue weighted by Crippen LogP contribution is 2.30. The molecule has 0 spiro atoms. The summed E-state index contributed by atoms with van der Waals surface area (Å²) < 4.78 is 13.0. The standard InChI is InChI=1S/C12H8FNO2S/c13-8-2-1-3-9(6-8)17-11-4-5-14-7-10(11)12(15)16/h1-7H,(H,15,16). The Morgan fingerprint density at radius 1 is 1.35 bits per heavy atom. The predicted molar refractivity (Wildman–Crippen MR) is 61.7 cm³/mol. The lowest BCUT2D eigenvalue weighted by Gasteiger charge is -2.04. The monoisotopic (exact) mass is 249 g/mol. The van der Waals surface area contributed by atoms with Crippen molar-refractivity contribution >= 4 is 17.7 Å². The smallest absolute Gasteiger partial charge is 0.338 e. The van der Waals surface area contributed by atoms with Crippen molar-refractivity contribution in [2.75, 3.05) is 0 Å². The summed E-state index contributed by atoms with van der Waals surface area (Å²) in [5, 5.41) is 8.97. The van der Waals surface area contributed by atoms with E-state index < -0.39 is 5.97 Å². The Hall–Kier alpha value is -1.88. The molecule has 0 radical (unpaired) electrons. The van der Waals surface area contributed by atoms with E-state index in [4.69, 9.17) is 5.11 Å². The van der Waals surface area contributed by atoms with Crippen molar-refractivity contribution in [3.63, 3.8) is 0 Å². The molecule has 0 aliphatic carbocycles. The van der Waals surface area contributed by atoms with Crippen molar-refractivity contribution in [3.8, 4) is 0 Å². The van der Waals surface area contributed by atoms with Gasteiger partial charge >= 0.3 is 5.97 Å². The van der Waals surface area contributed by atoms with E-state index >= 15 is 0 Å². The van der Waals surface area contributed by atoms with Gasteiger partial charge in [-0.2, -0.15) is 0 Å². The zero-order chi connectivity index (χ0) is 12.3. The lowest BCUT2D eigenvalue weighted by atomic mass is 10.3. The van der Waals surface area contributed by atoms with Gasteiger partial charge in [0.15, 0.2) is 0 Å². The molecule has 0 amide bonds. The van der Waals surface area contributed by atoms with E-state index in [-0.39, 0.29) is 11.4 Å². The molecule has 86 valence electrons. The molecular weight excluding hydrogens is 241 g/mol. The number of carboxylic acid groups (broad SMARTS) is 1. The molecule has 1 aromatic carbocycles. The van der Waals surface area contributed by atoms with Crippen LogP contribution in [0.25, 0.3) is 0 Å². The van der Waals surface area contributed by atoms with E-state index in [1.807, 2.05) is 0 Å². The minimum absolute atomic E-state index is 0.113. The van der Waals surface area contributed by atoms with Gasteiger partial charge in [0.2, 0.25) is 0 Å². The maximum atomic E-state index is 13.0. The van der Waals surface area contributed by atoms with Crippen molar-refractivity contribution < 1.29 is 14.3 Å². The van der Waals surface area contributed by atoms with Crippen LogP contribution in [0, 0.1) is 5.82 Å². The van der Waals surface area contributed by atoms with E-state index in [0.29, 0.717) is 9.79 Å². The van der Waals surface area contributed by atoms with Gasteiger partial charge in [-0.05, 0) is 24.3 Å². The van der Waals surface area contributed by atoms with Gasteiger partial charge in [-0.25, -0.2) is 9.18 Å². The van der Waals surface area contributed by atoms with Crippen LogP contribution in [0.4, 0.5) is 4.39 Å². The summed E-state index contributed by atoms with van der Waals surface area (Å²) in [6.45, 7) is 0. The summed E-state index contributed by atoms with van der Waals surface area (Å²) in [5.41, 5.74) is 0.113. The number of pyridine rings is 1. The third-order valence-corrected chi connectivity index (χ3v) is 3.10. The van der Waals surface area contributed by atoms with Gasteiger partial charge in [0.25, 0.3) is 0 Å². The SMILES string of the molecule is O=C(O)c1cnccc1Sc1cccc(F)c1. The summed E-state index contributed by atoms with van der Waals surface area (Å²) in [5.74, 6) is -1.39. The lowest BCUT2D eigenvalue weighted by molar-refractivity contribution is 0.0692. The summed E-state index contributed by atoms with van der Waals surface area (Å²) in [6.07, 6.45) is 2.79. The third kappa shape index (κ3) is 2.82. The second-order valence-corrected chi connectivity index (χ2v) is 4.35. The van der Waals surface area contributed by atoms with Gasteiger partial charge in [0.1, 0.15) is 5.82 Å². The first-order chi connectivity index (χ1) is 8.16. The van der Waals surface area contributed by atoms with Gasteiger partial charge in [-0.15, -0.1) is 0 Å². The topological polar surface area (TPSA) is 50.2 Å². The zero-order valence-electron chi connectivity index (χ0n) is 8.63. The average Bonchev–Trinajstić information content (AvgIpc) is 2.29. The van der Waals surface area contributed by atoms with Gasteiger partial charge in [0.05, 0.1) is 5.56 Å². The molecule has 0 atom stereocenters. The van der Waals surface area contributed by atoms with Crippen molar-refractivity contribution in [2.24, 2.45) is 0 Å². The Morgan fingerprint density at radius 2 is 2.18 bits per heavy atom. The number of carboxylic acids is 1. The Bertz CT molecular complexity index is 560. The molecule has 1 aromatic heterocycles. The maximum absolute atomic E-state index is 13.0. The van der Waals surface area contributed by atoms with Crippen LogP contribution in [0.1, 0.15) is 10.4 Å². The third-order valence-electron chi connectivity index (χ3n) is 2.04. The van der Waals surface area contributed by atoms with Gasteiger partial charge < -0.3 is 5.11 Å². The summed E-state index contributed by atoms with van der Waals surface area (Å²) in [6, 6.07) is 7.60. The molecule has 17 heavy (non-hydrogen) atoms. The fraction of sp³-hybridized carbons (Fsp3) is 0. The average molecular weight is 249 g/mol. The first kappa shape index (κ1) is 11.6. The van der Waals surface area contributed by atoms with Crippen molar-refractivity contribution in [1.29, 1.82) is 0 Å². The Kier molecular flexibility index (Phi) is 3.39. The van der Waals surface area contributed by atoms with E-state index in [1.165, 1.54) is 36.3 Å². The van der Waals surface area contributed by atoms with Gasteiger partial charge in [-0.1, -0.05) is 17.8 Å². The summed E-state index contributed by atoms with van der Waals surface area (Å²) in [4.78, 5) is 15.9. The highest BCUT2D eigenvalue weighted by atomic mass is 32.2. The van der Waals surface area contributed by atoms with Crippen LogP contribution in [-0.2, 0) is 0 Å². The molecule has 0 aliphatic rings. The van der Waals surface area contributed by atoms with E-state index in [9.17, 15) is 9.18 Å². The number of aromatic carboxylic acids is 1.